The number of nitrogens with zero attached hydrogens (tertiary/aromatic N) is 1. The fraction of sp³-hybridized carbons (Fsp3) is 0.333. The smallest absolute Gasteiger partial charge is 0.223 e. The Morgan fingerprint density at radius 3 is 2.72 bits per heavy atom. The molecule has 1 aromatic rings. The third-order valence-corrected chi connectivity index (χ3v) is 2.86. The highest BCUT2D eigenvalue weighted by Crippen LogP contribution is 2.20. The molecule has 98 valence electrons. The molecule has 0 bridgehead atoms. The van der Waals surface area contributed by atoms with Gasteiger partial charge in [-0.1, -0.05) is 23.8 Å². The fourth-order valence-corrected chi connectivity index (χ4v) is 1.74. The maximum absolute atomic E-state index is 11.4. The number of halogens is 1. The lowest BCUT2D eigenvalue weighted by atomic mass is 10.1. The van der Waals surface area contributed by atoms with Gasteiger partial charge >= 0.3 is 0 Å². The van der Waals surface area contributed by atoms with E-state index >= 15 is 0 Å². The summed E-state index contributed by atoms with van der Waals surface area (Å²) in [6.45, 7) is 0.522. The van der Waals surface area contributed by atoms with Crippen molar-refractivity contribution in [2.75, 3.05) is 26.0 Å². The summed E-state index contributed by atoms with van der Waals surface area (Å²) in [4.78, 5) is 13.3. The molecule has 1 aromatic carbocycles. The second-order valence-corrected chi connectivity index (χ2v) is 4.90. The van der Waals surface area contributed by atoms with E-state index < -0.39 is 0 Å². The van der Waals surface area contributed by atoms with Crippen molar-refractivity contribution in [2.24, 2.45) is 5.73 Å². The van der Waals surface area contributed by atoms with Crippen molar-refractivity contribution in [1.29, 1.82) is 0 Å². The van der Waals surface area contributed by atoms with Crippen molar-refractivity contribution in [1.82, 2.24) is 4.90 Å². The Morgan fingerprint density at radius 1 is 1.50 bits per heavy atom. The first-order valence-corrected chi connectivity index (χ1v) is 6.24. The van der Waals surface area contributed by atoms with Crippen molar-refractivity contribution >= 4 is 40.4 Å². The third kappa shape index (κ3) is 4.16. The van der Waals surface area contributed by atoms with E-state index in [1.54, 1.807) is 37.2 Å². The van der Waals surface area contributed by atoms with Crippen molar-refractivity contribution in [3.8, 4) is 0 Å². The molecule has 1 rings (SSSR count). The lowest BCUT2D eigenvalue weighted by molar-refractivity contribution is -0.128. The Balaban J connectivity index is 2.68. The summed E-state index contributed by atoms with van der Waals surface area (Å²) in [6.07, 6.45) is 0.409. The molecular weight excluding hydrogens is 270 g/mol. The van der Waals surface area contributed by atoms with Crippen LogP contribution >= 0.6 is 23.8 Å². The molecule has 0 fully saturated rings. The minimum atomic E-state index is 0.0633. The zero-order valence-corrected chi connectivity index (χ0v) is 11.9. The molecule has 18 heavy (non-hydrogen) atoms. The lowest BCUT2D eigenvalue weighted by Gasteiger charge is -2.13. The van der Waals surface area contributed by atoms with Crippen LogP contribution in [0.4, 0.5) is 5.69 Å². The Morgan fingerprint density at radius 2 is 2.17 bits per heavy atom. The minimum absolute atomic E-state index is 0.0633. The molecule has 0 atom stereocenters. The predicted molar refractivity (Wildman–Crippen MR) is 79.1 cm³/mol. The SMILES string of the molecule is CN(C)C(=O)CCNc1ccc(Cl)cc1C(N)=S. The number of nitrogens with two attached hydrogens (primary N) is 1. The van der Waals surface area contributed by atoms with Gasteiger partial charge in [-0.05, 0) is 18.2 Å². The lowest BCUT2D eigenvalue weighted by Crippen LogP contribution is -2.24. The second-order valence-electron chi connectivity index (χ2n) is 4.02. The number of rotatable bonds is 5. The van der Waals surface area contributed by atoms with Gasteiger partial charge in [-0.25, -0.2) is 0 Å². The van der Waals surface area contributed by atoms with Gasteiger partial charge in [-0.2, -0.15) is 0 Å². The largest absolute Gasteiger partial charge is 0.389 e. The summed E-state index contributed by atoms with van der Waals surface area (Å²) in [5.74, 6) is 0.0633. The molecule has 4 nitrogen and oxygen atoms in total. The fourth-order valence-electron chi connectivity index (χ4n) is 1.40. The van der Waals surface area contributed by atoms with Gasteiger partial charge in [0.1, 0.15) is 4.99 Å². The average Bonchev–Trinajstić information content (AvgIpc) is 2.30. The highest BCUT2D eigenvalue weighted by atomic mass is 35.5. The number of nitrogens with one attached hydrogen (secondary N) is 1. The Hall–Kier alpha value is -1.33. The molecule has 0 aliphatic carbocycles. The topological polar surface area (TPSA) is 58.4 Å². The van der Waals surface area contributed by atoms with Crippen LogP contribution in [-0.2, 0) is 4.79 Å². The highest BCUT2D eigenvalue weighted by Gasteiger charge is 2.07. The van der Waals surface area contributed by atoms with Crippen LogP contribution in [0.1, 0.15) is 12.0 Å². The number of anilines is 1. The van der Waals surface area contributed by atoms with Crippen LogP contribution < -0.4 is 11.1 Å². The van der Waals surface area contributed by atoms with Crippen molar-refractivity contribution in [3.05, 3.63) is 28.8 Å². The van der Waals surface area contributed by atoms with Crippen molar-refractivity contribution in [3.63, 3.8) is 0 Å². The normalized spacial score (nSPS) is 9.94. The van der Waals surface area contributed by atoms with Gasteiger partial charge in [-0.3, -0.25) is 4.79 Å². The maximum Gasteiger partial charge on any atom is 0.223 e. The summed E-state index contributed by atoms with van der Waals surface area (Å²) in [5, 5.41) is 3.71. The van der Waals surface area contributed by atoms with Gasteiger partial charge in [0.2, 0.25) is 5.91 Å². The number of benzene rings is 1. The molecule has 1 amide bonds. The number of carbonyl (C=O) groups is 1. The van der Waals surface area contributed by atoms with E-state index in [-0.39, 0.29) is 10.9 Å². The number of hydrogen-bond acceptors (Lipinski definition) is 3. The van der Waals surface area contributed by atoms with Crippen LogP contribution in [-0.4, -0.2) is 36.4 Å². The molecule has 0 unspecified atom stereocenters. The minimum Gasteiger partial charge on any atom is -0.389 e. The zero-order chi connectivity index (χ0) is 13.7. The number of thiocarbonyl (C=S) groups is 1. The summed E-state index contributed by atoms with van der Waals surface area (Å²) < 4.78 is 0. The Labute approximate surface area is 117 Å². The van der Waals surface area contributed by atoms with Crippen LogP contribution in [0, 0.1) is 0 Å². The molecule has 0 aliphatic heterocycles. The first-order chi connectivity index (χ1) is 8.41. The van der Waals surface area contributed by atoms with Crippen LogP contribution in [0.2, 0.25) is 5.02 Å². The average molecular weight is 286 g/mol. The van der Waals surface area contributed by atoms with E-state index in [0.29, 0.717) is 23.6 Å². The van der Waals surface area contributed by atoms with Crippen LogP contribution in [0.5, 0.6) is 0 Å². The molecular formula is C12H16ClN3OS. The van der Waals surface area contributed by atoms with E-state index in [2.05, 4.69) is 5.32 Å². The predicted octanol–water partition coefficient (Wildman–Crippen LogP) is 1.86. The van der Waals surface area contributed by atoms with Gasteiger partial charge in [0.15, 0.2) is 0 Å². The van der Waals surface area contributed by atoms with Gasteiger partial charge in [0.05, 0.1) is 0 Å². The molecule has 0 aliphatic rings. The molecule has 0 heterocycles. The van der Waals surface area contributed by atoms with Crippen LogP contribution in [0.25, 0.3) is 0 Å². The highest BCUT2D eigenvalue weighted by molar-refractivity contribution is 7.80. The third-order valence-electron chi connectivity index (χ3n) is 2.40. The van der Waals surface area contributed by atoms with E-state index in [1.807, 2.05) is 0 Å². The summed E-state index contributed by atoms with van der Waals surface area (Å²) in [5.41, 5.74) is 7.10. The van der Waals surface area contributed by atoms with Crippen LogP contribution in [0.3, 0.4) is 0 Å². The number of amides is 1. The summed E-state index contributed by atoms with van der Waals surface area (Å²) >= 11 is 10.8. The first kappa shape index (κ1) is 14.7. The molecule has 0 spiro atoms. The van der Waals surface area contributed by atoms with Crippen molar-refractivity contribution in [2.45, 2.75) is 6.42 Å². The summed E-state index contributed by atoms with van der Waals surface area (Å²) in [6, 6.07) is 5.26. The standard InChI is InChI=1S/C12H16ClN3OS/c1-16(2)11(17)5-6-15-10-4-3-8(13)7-9(10)12(14)18/h3-4,7,15H,5-6H2,1-2H3,(H2,14,18). The molecule has 0 radical (unpaired) electrons. The quantitative estimate of drug-likeness (QED) is 0.811. The zero-order valence-electron chi connectivity index (χ0n) is 10.4. The van der Waals surface area contributed by atoms with Crippen molar-refractivity contribution < 1.29 is 4.79 Å². The second kappa shape index (κ2) is 6.56. The molecule has 3 N–H and O–H groups in total. The maximum atomic E-state index is 11.4. The number of carbonyl (C=O) groups excluding carboxylic acids is 1. The van der Waals surface area contributed by atoms with Gasteiger partial charge in [0.25, 0.3) is 0 Å². The van der Waals surface area contributed by atoms with E-state index in [1.165, 1.54) is 0 Å². The van der Waals surface area contributed by atoms with Gasteiger partial charge in [0, 0.05) is 43.3 Å². The molecule has 0 saturated carbocycles. The first-order valence-electron chi connectivity index (χ1n) is 5.45. The molecule has 0 saturated heterocycles. The van der Waals surface area contributed by atoms with E-state index in [9.17, 15) is 4.79 Å². The Kier molecular flexibility index (Phi) is 5.37. The van der Waals surface area contributed by atoms with E-state index in [0.717, 1.165) is 5.69 Å². The monoisotopic (exact) mass is 285 g/mol. The molecule has 6 heteroatoms. The number of hydrogen-bond donors (Lipinski definition) is 2. The van der Waals surface area contributed by atoms with Gasteiger partial charge in [-0.15, -0.1) is 0 Å². The summed E-state index contributed by atoms with van der Waals surface area (Å²) in [7, 11) is 3.45. The Bertz CT molecular complexity index is 463. The molecule has 0 aromatic heterocycles. The van der Waals surface area contributed by atoms with E-state index in [4.69, 9.17) is 29.6 Å². The van der Waals surface area contributed by atoms with Crippen LogP contribution in [0.15, 0.2) is 18.2 Å². The van der Waals surface area contributed by atoms with Gasteiger partial charge < -0.3 is 16.0 Å².